The van der Waals surface area contributed by atoms with E-state index >= 15 is 0 Å². The summed E-state index contributed by atoms with van der Waals surface area (Å²) in [6, 6.07) is 13.5. The molecule has 0 spiro atoms. The Morgan fingerprint density at radius 2 is 1.82 bits per heavy atom. The van der Waals surface area contributed by atoms with Crippen LogP contribution in [0.1, 0.15) is 21.5 Å². The number of imide groups is 1. The maximum atomic E-state index is 12.2. The number of carboxylic acid groups (broad SMARTS) is 1. The predicted molar refractivity (Wildman–Crippen MR) is 106 cm³/mol. The maximum Gasteiger partial charge on any atom is 0.335 e. The molecular weight excluding hydrogens is 378 g/mol. The van der Waals surface area contributed by atoms with Crippen LogP contribution in [0.3, 0.4) is 0 Å². The van der Waals surface area contributed by atoms with E-state index < -0.39 is 11.9 Å². The summed E-state index contributed by atoms with van der Waals surface area (Å²) in [7, 11) is 0. The summed E-state index contributed by atoms with van der Waals surface area (Å²) in [6.07, 6.45) is 6.81. The zero-order valence-electron chi connectivity index (χ0n) is 14.6. The van der Waals surface area contributed by atoms with E-state index in [4.69, 9.17) is 16.3 Å². The van der Waals surface area contributed by atoms with Crippen molar-refractivity contribution in [2.45, 2.75) is 6.61 Å². The molecule has 0 unspecified atom stereocenters. The first kappa shape index (κ1) is 19.3. The van der Waals surface area contributed by atoms with Crippen molar-refractivity contribution in [1.82, 2.24) is 4.90 Å². The lowest BCUT2D eigenvalue weighted by Gasteiger charge is -2.07. The Labute approximate surface area is 165 Å². The van der Waals surface area contributed by atoms with Crippen molar-refractivity contribution < 1.29 is 24.2 Å². The Balaban J connectivity index is 1.62. The number of rotatable bonds is 6. The summed E-state index contributed by atoms with van der Waals surface area (Å²) in [6.45, 7) is 0.256. The van der Waals surface area contributed by atoms with E-state index in [0.29, 0.717) is 17.3 Å². The molecule has 1 aliphatic rings. The van der Waals surface area contributed by atoms with Gasteiger partial charge in [-0.15, -0.1) is 6.42 Å². The molecule has 1 fully saturated rings. The van der Waals surface area contributed by atoms with Crippen LogP contribution in [-0.4, -0.2) is 33.7 Å². The lowest BCUT2D eigenvalue weighted by atomic mass is 10.1. The minimum atomic E-state index is -0.972. The lowest BCUT2D eigenvalue weighted by molar-refractivity contribution is -0.122. The van der Waals surface area contributed by atoms with Crippen LogP contribution >= 0.6 is 11.8 Å². The summed E-state index contributed by atoms with van der Waals surface area (Å²) >= 11 is 0.861. The molecule has 0 saturated carbocycles. The van der Waals surface area contributed by atoms with Gasteiger partial charge in [-0.25, -0.2) is 4.79 Å². The molecular formula is C21H15NO5S. The quantitative estimate of drug-likeness (QED) is 0.596. The minimum Gasteiger partial charge on any atom is -0.489 e. The van der Waals surface area contributed by atoms with Gasteiger partial charge in [-0.1, -0.05) is 30.2 Å². The van der Waals surface area contributed by atoms with Gasteiger partial charge in [-0.2, -0.15) is 0 Å². The molecule has 1 N–H and O–H groups in total. The van der Waals surface area contributed by atoms with Gasteiger partial charge in [0, 0.05) is 0 Å². The van der Waals surface area contributed by atoms with Crippen LogP contribution < -0.4 is 4.74 Å². The van der Waals surface area contributed by atoms with Gasteiger partial charge in [0.2, 0.25) is 0 Å². The average Bonchev–Trinajstić information content (AvgIpc) is 2.95. The third-order valence-electron chi connectivity index (χ3n) is 3.91. The molecule has 3 rings (SSSR count). The van der Waals surface area contributed by atoms with E-state index in [9.17, 15) is 14.4 Å². The second-order valence-corrected chi connectivity index (χ2v) is 6.82. The van der Waals surface area contributed by atoms with Gasteiger partial charge in [0.05, 0.1) is 17.0 Å². The van der Waals surface area contributed by atoms with Crippen molar-refractivity contribution in [3.63, 3.8) is 0 Å². The Morgan fingerprint density at radius 1 is 1.14 bits per heavy atom. The van der Waals surface area contributed by atoms with Crippen molar-refractivity contribution in [1.29, 1.82) is 0 Å². The molecule has 7 heteroatoms. The largest absolute Gasteiger partial charge is 0.489 e. The topological polar surface area (TPSA) is 83.9 Å². The highest BCUT2D eigenvalue weighted by Crippen LogP contribution is 2.32. The molecule has 0 radical (unpaired) electrons. The molecule has 2 amide bonds. The number of carbonyl (C=O) groups is 3. The molecule has 1 heterocycles. The maximum absolute atomic E-state index is 12.2. The standard InChI is InChI=1S/C21H15NO5S/c1-2-11-22-19(23)18(28-21(22)26)12-14-5-9-17(10-6-14)27-13-15-3-7-16(8-4-15)20(24)25/h1,3-10,12H,11,13H2,(H,24,25)/b18-12+. The zero-order chi connectivity index (χ0) is 20.1. The fraction of sp³-hybridized carbons (Fsp3) is 0.0952. The third-order valence-corrected chi connectivity index (χ3v) is 4.81. The van der Waals surface area contributed by atoms with E-state index in [1.807, 2.05) is 0 Å². The fourth-order valence-corrected chi connectivity index (χ4v) is 3.29. The lowest BCUT2D eigenvalue weighted by Crippen LogP contribution is -2.28. The highest BCUT2D eigenvalue weighted by atomic mass is 32.2. The van der Waals surface area contributed by atoms with Gasteiger partial charge < -0.3 is 9.84 Å². The van der Waals surface area contributed by atoms with Crippen LogP contribution in [0.4, 0.5) is 4.79 Å². The SMILES string of the molecule is C#CCN1C(=O)S/C(=C/c2ccc(OCc3ccc(C(=O)O)cc3)cc2)C1=O. The number of amides is 2. The molecule has 1 aliphatic heterocycles. The molecule has 2 aromatic carbocycles. The summed E-state index contributed by atoms with van der Waals surface area (Å²) in [5.41, 5.74) is 1.82. The van der Waals surface area contributed by atoms with Gasteiger partial charge in [0.1, 0.15) is 12.4 Å². The molecule has 140 valence electrons. The van der Waals surface area contributed by atoms with Crippen LogP contribution in [0.15, 0.2) is 53.4 Å². The molecule has 28 heavy (non-hydrogen) atoms. The average molecular weight is 393 g/mol. The Morgan fingerprint density at radius 3 is 2.43 bits per heavy atom. The predicted octanol–water partition coefficient (Wildman–Crippen LogP) is 3.63. The zero-order valence-corrected chi connectivity index (χ0v) is 15.4. The van der Waals surface area contributed by atoms with E-state index in [1.165, 1.54) is 12.1 Å². The Bertz CT molecular complexity index is 987. The monoisotopic (exact) mass is 393 g/mol. The number of benzene rings is 2. The first-order valence-corrected chi connectivity index (χ1v) is 9.03. The highest BCUT2D eigenvalue weighted by molar-refractivity contribution is 8.18. The van der Waals surface area contributed by atoms with Crippen LogP contribution in [0.2, 0.25) is 0 Å². The van der Waals surface area contributed by atoms with Crippen molar-refractivity contribution in [2.24, 2.45) is 0 Å². The van der Waals surface area contributed by atoms with E-state index in [1.54, 1.807) is 42.5 Å². The van der Waals surface area contributed by atoms with Crippen LogP contribution in [0.25, 0.3) is 6.08 Å². The molecule has 0 bridgehead atoms. The summed E-state index contributed by atoms with van der Waals surface area (Å²) < 4.78 is 5.68. The summed E-state index contributed by atoms with van der Waals surface area (Å²) in [5, 5.41) is 8.52. The first-order valence-electron chi connectivity index (χ1n) is 8.22. The first-order chi connectivity index (χ1) is 13.5. The number of hydrogen-bond acceptors (Lipinski definition) is 5. The normalized spacial score (nSPS) is 15.0. The second kappa shape index (κ2) is 8.46. The van der Waals surface area contributed by atoms with Crippen molar-refractivity contribution in [2.75, 3.05) is 6.54 Å². The molecule has 1 saturated heterocycles. The smallest absolute Gasteiger partial charge is 0.335 e. The number of aromatic carboxylic acids is 1. The van der Waals surface area contributed by atoms with Crippen LogP contribution in [0, 0.1) is 12.3 Å². The number of hydrogen-bond donors (Lipinski definition) is 1. The van der Waals surface area contributed by atoms with E-state index in [0.717, 1.165) is 27.8 Å². The highest BCUT2D eigenvalue weighted by Gasteiger charge is 2.34. The number of carbonyl (C=O) groups excluding carboxylic acids is 2. The van der Waals surface area contributed by atoms with Gasteiger partial charge in [-0.05, 0) is 53.2 Å². The molecule has 6 nitrogen and oxygen atoms in total. The van der Waals surface area contributed by atoms with Gasteiger partial charge >= 0.3 is 5.97 Å². The van der Waals surface area contributed by atoms with Crippen LogP contribution in [0.5, 0.6) is 5.75 Å². The van der Waals surface area contributed by atoms with Crippen molar-refractivity contribution >= 4 is 35.0 Å². The molecule has 0 atom stereocenters. The van der Waals surface area contributed by atoms with Gasteiger partial charge in [-0.3, -0.25) is 14.5 Å². The fourth-order valence-electron chi connectivity index (χ4n) is 2.45. The number of carboxylic acids is 1. The second-order valence-electron chi connectivity index (χ2n) is 5.83. The van der Waals surface area contributed by atoms with Crippen LogP contribution in [-0.2, 0) is 11.4 Å². The number of nitrogens with zero attached hydrogens (tertiary/aromatic N) is 1. The van der Waals surface area contributed by atoms with Crippen molar-refractivity contribution in [3.05, 3.63) is 70.1 Å². The van der Waals surface area contributed by atoms with Crippen molar-refractivity contribution in [3.8, 4) is 18.1 Å². The Hall–Kier alpha value is -3.50. The van der Waals surface area contributed by atoms with E-state index in [2.05, 4.69) is 5.92 Å². The van der Waals surface area contributed by atoms with E-state index in [-0.39, 0.29) is 17.3 Å². The molecule has 0 aliphatic carbocycles. The third kappa shape index (κ3) is 4.42. The van der Waals surface area contributed by atoms with Gasteiger partial charge in [0.15, 0.2) is 0 Å². The van der Waals surface area contributed by atoms with Gasteiger partial charge in [0.25, 0.3) is 11.1 Å². The number of terminal acetylenes is 1. The summed E-state index contributed by atoms with van der Waals surface area (Å²) in [5.74, 6) is 1.56. The molecule has 0 aromatic heterocycles. The number of ether oxygens (including phenoxy) is 1. The molecule has 2 aromatic rings. The summed E-state index contributed by atoms with van der Waals surface area (Å²) in [4.78, 5) is 36.2. The number of thioether (sulfide) groups is 1. The minimum absolute atomic E-state index is 0.0395. The Kier molecular flexibility index (Phi) is 5.82.